The summed E-state index contributed by atoms with van der Waals surface area (Å²) in [4.78, 5) is 23.7. The highest BCUT2D eigenvalue weighted by molar-refractivity contribution is 5.92. The number of hydrogen-bond donors (Lipinski definition) is 4. The minimum Gasteiger partial charge on any atom is -0.478 e. The third-order valence-corrected chi connectivity index (χ3v) is 6.04. The molecule has 0 aromatic heterocycles. The van der Waals surface area contributed by atoms with Crippen molar-refractivity contribution in [3.8, 4) is 23.0 Å². The van der Waals surface area contributed by atoms with Crippen molar-refractivity contribution in [1.82, 2.24) is 0 Å². The molecule has 37 heavy (non-hydrogen) atoms. The summed E-state index contributed by atoms with van der Waals surface area (Å²) in [5.41, 5.74) is 13.4. The molecule has 188 valence electrons. The molecule has 0 amide bonds. The molecule has 6 N–H and O–H groups in total. The number of nitrogen functional groups attached to an aromatic ring is 2. The number of anilines is 2. The Morgan fingerprint density at radius 3 is 1.41 bits per heavy atom. The molecule has 4 rings (SSSR count). The zero-order valence-electron chi connectivity index (χ0n) is 20.3. The van der Waals surface area contributed by atoms with Crippen molar-refractivity contribution in [3.05, 3.63) is 107 Å². The maximum atomic E-state index is 11.9. The smallest absolute Gasteiger partial charge is 0.339 e. The number of carboxylic acid groups (broad SMARTS) is 2. The van der Waals surface area contributed by atoms with E-state index in [9.17, 15) is 19.8 Å². The Morgan fingerprint density at radius 1 is 0.649 bits per heavy atom. The van der Waals surface area contributed by atoms with Crippen molar-refractivity contribution in [3.63, 3.8) is 0 Å². The highest BCUT2D eigenvalue weighted by Crippen LogP contribution is 2.39. The molecule has 0 heterocycles. The van der Waals surface area contributed by atoms with Crippen molar-refractivity contribution in [2.45, 2.75) is 19.3 Å². The topological polar surface area (TPSA) is 145 Å². The van der Waals surface area contributed by atoms with Gasteiger partial charge >= 0.3 is 11.9 Å². The molecule has 0 radical (unpaired) electrons. The predicted molar refractivity (Wildman–Crippen MR) is 141 cm³/mol. The van der Waals surface area contributed by atoms with Crippen LogP contribution in [0.4, 0.5) is 11.4 Å². The molecule has 8 heteroatoms. The van der Waals surface area contributed by atoms with Crippen LogP contribution in [0.25, 0.3) is 0 Å². The van der Waals surface area contributed by atoms with E-state index in [4.69, 9.17) is 20.9 Å². The van der Waals surface area contributed by atoms with Gasteiger partial charge in [0.25, 0.3) is 0 Å². The first kappa shape index (κ1) is 25.1. The van der Waals surface area contributed by atoms with Crippen molar-refractivity contribution in [2.24, 2.45) is 0 Å². The third-order valence-electron chi connectivity index (χ3n) is 6.04. The third kappa shape index (κ3) is 5.48. The fourth-order valence-corrected chi connectivity index (χ4v) is 3.92. The van der Waals surface area contributed by atoms with Gasteiger partial charge in [-0.3, -0.25) is 0 Å². The van der Waals surface area contributed by atoms with E-state index in [1.807, 2.05) is 13.8 Å². The number of nitrogens with two attached hydrogens (primary N) is 2. The van der Waals surface area contributed by atoms with E-state index in [1.54, 1.807) is 72.8 Å². The van der Waals surface area contributed by atoms with E-state index >= 15 is 0 Å². The lowest BCUT2D eigenvalue weighted by atomic mass is 9.77. The van der Waals surface area contributed by atoms with Gasteiger partial charge in [0.05, 0.1) is 0 Å². The van der Waals surface area contributed by atoms with Gasteiger partial charge in [-0.2, -0.15) is 0 Å². The standard InChI is InChI=1S/C29H26N2O6/c1-29(2,17-9-11-23(27(32)33)25(13-17)36-21-7-3-5-19(30)15-21)18-10-12-24(28(34)35)26(14-18)37-22-8-4-6-20(31)16-22/h3-16H,30-31H2,1-2H3,(H,32,33)(H,34,35). The van der Waals surface area contributed by atoms with Gasteiger partial charge in [0, 0.05) is 28.9 Å². The molecular formula is C29H26N2O6. The fourth-order valence-electron chi connectivity index (χ4n) is 3.92. The highest BCUT2D eigenvalue weighted by Gasteiger charge is 2.27. The normalized spacial score (nSPS) is 11.1. The molecule has 0 saturated carbocycles. The first-order valence-electron chi connectivity index (χ1n) is 11.4. The van der Waals surface area contributed by atoms with Crippen molar-refractivity contribution in [1.29, 1.82) is 0 Å². The molecule has 0 saturated heterocycles. The molecule has 8 nitrogen and oxygen atoms in total. The van der Waals surface area contributed by atoms with Gasteiger partial charge in [0.2, 0.25) is 0 Å². The first-order chi connectivity index (χ1) is 17.5. The highest BCUT2D eigenvalue weighted by atomic mass is 16.5. The summed E-state index contributed by atoms with van der Waals surface area (Å²) in [6, 6.07) is 23.1. The molecule has 0 aliphatic carbocycles. The van der Waals surface area contributed by atoms with E-state index in [-0.39, 0.29) is 22.6 Å². The van der Waals surface area contributed by atoms with Crippen molar-refractivity contribution in [2.75, 3.05) is 11.5 Å². The van der Waals surface area contributed by atoms with Gasteiger partial charge in [-0.15, -0.1) is 0 Å². The summed E-state index contributed by atoms with van der Waals surface area (Å²) >= 11 is 0. The van der Waals surface area contributed by atoms with Crippen LogP contribution in [0.3, 0.4) is 0 Å². The number of rotatable bonds is 8. The van der Waals surface area contributed by atoms with Crippen LogP contribution in [0.5, 0.6) is 23.0 Å². The summed E-state index contributed by atoms with van der Waals surface area (Å²) in [5.74, 6) is -1.15. The maximum absolute atomic E-state index is 11.9. The average Bonchev–Trinajstić information content (AvgIpc) is 2.83. The van der Waals surface area contributed by atoms with Crippen LogP contribution < -0.4 is 20.9 Å². The van der Waals surface area contributed by atoms with Crippen LogP contribution in [0.1, 0.15) is 45.7 Å². The van der Waals surface area contributed by atoms with Crippen molar-refractivity contribution >= 4 is 23.3 Å². The fraction of sp³-hybridized carbons (Fsp3) is 0.103. The molecule has 0 spiro atoms. The quantitative estimate of drug-likeness (QED) is 0.211. The van der Waals surface area contributed by atoms with E-state index in [0.29, 0.717) is 22.9 Å². The summed E-state index contributed by atoms with van der Waals surface area (Å²) in [6.45, 7) is 3.88. The second-order valence-electron chi connectivity index (χ2n) is 9.01. The Hall–Kier alpha value is -4.98. The zero-order chi connectivity index (χ0) is 26.7. The average molecular weight is 499 g/mol. The molecular weight excluding hydrogens is 472 g/mol. The van der Waals surface area contributed by atoms with Gasteiger partial charge in [-0.25, -0.2) is 9.59 Å². The number of aromatic carboxylic acids is 2. The van der Waals surface area contributed by atoms with E-state index in [1.165, 1.54) is 12.1 Å². The van der Waals surface area contributed by atoms with Crippen LogP contribution in [-0.2, 0) is 5.41 Å². The van der Waals surface area contributed by atoms with Gasteiger partial charge in [0.1, 0.15) is 34.1 Å². The molecule has 0 atom stereocenters. The van der Waals surface area contributed by atoms with Gasteiger partial charge < -0.3 is 31.2 Å². The number of benzene rings is 4. The summed E-state index contributed by atoms with van der Waals surface area (Å²) in [7, 11) is 0. The minimum atomic E-state index is -1.13. The lowest BCUT2D eigenvalue weighted by Crippen LogP contribution is -2.20. The lowest BCUT2D eigenvalue weighted by Gasteiger charge is -2.28. The maximum Gasteiger partial charge on any atom is 0.339 e. The molecule has 4 aromatic rings. The lowest BCUT2D eigenvalue weighted by molar-refractivity contribution is 0.0683. The summed E-state index contributed by atoms with van der Waals surface area (Å²) < 4.78 is 11.8. The van der Waals surface area contributed by atoms with Gasteiger partial charge in [-0.1, -0.05) is 38.1 Å². The molecule has 0 fully saturated rings. The molecule has 0 bridgehead atoms. The molecule has 0 aliphatic rings. The first-order valence-corrected chi connectivity index (χ1v) is 11.4. The Morgan fingerprint density at radius 2 is 1.05 bits per heavy atom. The minimum absolute atomic E-state index is 0.00566. The van der Waals surface area contributed by atoms with E-state index in [2.05, 4.69) is 0 Å². The van der Waals surface area contributed by atoms with Crippen LogP contribution in [0, 0.1) is 0 Å². The molecule has 4 aromatic carbocycles. The van der Waals surface area contributed by atoms with Crippen LogP contribution in [0.15, 0.2) is 84.9 Å². The second kappa shape index (κ2) is 9.94. The number of carboxylic acids is 2. The number of carbonyl (C=O) groups is 2. The van der Waals surface area contributed by atoms with Crippen LogP contribution in [-0.4, -0.2) is 22.2 Å². The Kier molecular flexibility index (Phi) is 6.75. The van der Waals surface area contributed by atoms with E-state index in [0.717, 1.165) is 11.1 Å². The van der Waals surface area contributed by atoms with Crippen LogP contribution in [0.2, 0.25) is 0 Å². The van der Waals surface area contributed by atoms with Crippen molar-refractivity contribution < 1.29 is 29.3 Å². The SMILES string of the molecule is CC(C)(c1ccc(C(=O)O)c(Oc2cccc(N)c2)c1)c1ccc(C(=O)O)c(Oc2cccc(N)c2)c1. The van der Waals surface area contributed by atoms with Gasteiger partial charge in [-0.05, 0) is 59.7 Å². The second-order valence-corrected chi connectivity index (χ2v) is 9.01. The molecule has 0 aliphatic heterocycles. The Bertz CT molecular complexity index is 1380. The van der Waals surface area contributed by atoms with Gasteiger partial charge in [0.15, 0.2) is 0 Å². The predicted octanol–water partition coefficient (Wildman–Crippen LogP) is 6.16. The monoisotopic (exact) mass is 498 g/mol. The Labute approximate surface area is 213 Å². The largest absolute Gasteiger partial charge is 0.478 e. The Balaban J connectivity index is 1.76. The van der Waals surface area contributed by atoms with E-state index < -0.39 is 17.4 Å². The molecule has 0 unspecified atom stereocenters. The zero-order valence-corrected chi connectivity index (χ0v) is 20.3. The van der Waals surface area contributed by atoms with Crippen LogP contribution >= 0.6 is 0 Å². The summed E-state index contributed by atoms with van der Waals surface area (Å²) in [6.07, 6.45) is 0. The number of ether oxygens (including phenoxy) is 2. The number of hydrogen-bond acceptors (Lipinski definition) is 6. The summed E-state index contributed by atoms with van der Waals surface area (Å²) in [5, 5.41) is 19.4.